The van der Waals surface area contributed by atoms with Crippen molar-refractivity contribution in [2.24, 2.45) is 5.92 Å². The molecule has 6 nitrogen and oxygen atoms in total. The summed E-state index contributed by atoms with van der Waals surface area (Å²) in [5.41, 5.74) is 0.815. The number of hydrogen-bond acceptors (Lipinski definition) is 4. The van der Waals surface area contributed by atoms with E-state index >= 15 is 0 Å². The Bertz CT molecular complexity index is 693. The molecule has 25 heavy (non-hydrogen) atoms. The van der Waals surface area contributed by atoms with Crippen LogP contribution in [0.2, 0.25) is 0 Å². The van der Waals surface area contributed by atoms with Crippen LogP contribution in [0.3, 0.4) is 0 Å². The number of benzene rings is 1. The van der Waals surface area contributed by atoms with Gasteiger partial charge in [0.1, 0.15) is 0 Å². The Labute approximate surface area is 150 Å². The Hall–Kier alpha value is -1.44. The number of sulfonamides is 1. The molecule has 0 saturated carbocycles. The van der Waals surface area contributed by atoms with Crippen LogP contribution in [0.4, 0.5) is 0 Å². The summed E-state index contributed by atoms with van der Waals surface area (Å²) >= 11 is 0. The molecule has 2 N–H and O–H groups in total. The van der Waals surface area contributed by atoms with Gasteiger partial charge in [0, 0.05) is 26.2 Å². The fourth-order valence-electron chi connectivity index (χ4n) is 3.48. The van der Waals surface area contributed by atoms with E-state index in [-0.39, 0.29) is 11.8 Å². The summed E-state index contributed by atoms with van der Waals surface area (Å²) in [6, 6.07) is 6.93. The SMILES string of the molecule is O=C(NCc1cccc(S(=O)(=O)N2CCCCC2)c1)C1CCCNC1. The standard InChI is InChI=1S/C18H27N3O3S/c22-18(16-7-5-9-19-14-16)20-13-15-6-4-8-17(12-15)25(23,24)21-10-2-1-3-11-21/h4,6,8,12,16,19H,1-3,5,7,9-11,13-14H2,(H,20,22). The number of carbonyl (C=O) groups is 1. The summed E-state index contributed by atoms with van der Waals surface area (Å²) in [7, 11) is -3.43. The third kappa shape index (κ3) is 4.59. The number of amides is 1. The maximum Gasteiger partial charge on any atom is 0.243 e. The van der Waals surface area contributed by atoms with Crippen LogP contribution in [0.1, 0.15) is 37.7 Å². The van der Waals surface area contributed by atoms with Crippen molar-refractivity contribution < 1.29 is 13.2 Å². The number of carbonyl (C=O) groups excluding carboxylic acids is 1. The molecule has 1 unspecified atom stereocenters. The van der Waals surface area contributed by atoms with Crippen molar-refractivity contribution in [3.63, 3.8) is 0 Å². The molecule has 0 spiro atoms. The van der Waals surface area contributed by atoms with Gasteiger partial charge in [-0.1, -0.05) is 18.6 Å². The molecule has 138 valence electrons. The van der Waals surface area contributed by atoms with E-state index in [4.69, 9.17) is 0 Å². The maximum atomic E-state index is 12.8. The van der Waals surface area contributed by atoms with E-state index in [2.05, 4.69) is 10.6 Å². The van der Waals surface area contributed by atoms with Gasteiger partial charge in [-0.2, -0.15) is 4.31 Å². The monoisotopic (exact) mass is 365 g/mol. The second-order valence-electron chi connectivity index (χ2n) is 6.87. The van der Waals surface area contributed by atoms with E-state index in [0.29, 0.717) is 24.5 Å². The first kappa shape index (κ1) is 18.4. The lowest BCUT2D eigenvalue weighted by Gasteiger charge is -2.26. The predicted octanol–water partition coefficient (Wildman–Crippen LogP) is 1.48. The molecule has 0 aromatic heterocycles. The Kier molecular flexibility index (Phi) is 6.09. The summed E-state index contributed by atoms with van der Waals surface area (Å²) < 4.78 is 27.1. The quantitative estimate of drug-likeness (QED) is 0.828. The molecular weight excluding hydrogens is 338 g/mol. The zero-order chi connectivity index (χ0) is 17.7. The summed E-state index contributed by atoms with van der Waals surface area (Å²) in [6.45, 7) is 3.24. The molecule has 0 radical (unpaired) electrons. The number of piperidine rings is 2. The van der Waals surface area contributed by atoms with Gasteiger partial charge in [0.2, 0.25) is 15.9 Å². The van der Waals surface area contributed by atoms with Crippen LogP contribution in [-0.4, -0.2) is 44.8 Å². The molecular formula is C18H27N3O3S. The summed E-state index contributed by atoms with van der Waals surface area (Å²) in [5, 5.41) is 6.17. The Morgan fingerprint density at radius 3 is 2.72 bits per heavy atom. The molecule has 2 saturated heterocycles. The molecule has 0 bridgehead atoms. The van der Waals surface area contributed by atoms with E-state index in [1.165, 1.54) is 0 Å². The van der Waals surface area contributed by atoms with Crippen molar-refractivity contribution in [3.05, 3.63) is 29.8 Å². The van der Waals surface area contributed by atoms with Crippen molar-refractivity contribution >= 4 is 15.9 Å². The molecule has 1 atom stereocenters. The van der Waals surface area contributed by atoms with Crippen LogP contribution in [-0.2, 0) is 21.4 Å². The van der Waals surface area contributed by atoms with Gasteiger partial charge in [0.15, 0.2) is 0 Å². The highest BCUT2D eigenvalue weighted by molar-refractivity contribution is 7.89. The van der Waals surface area contributed by atoms with Crippen LogP contribution in [0.15, 0.2) is 29.2 Å². The van der Waals surface area contributed by atoms with Gasteiger partial charge in [-0.3, -0.25) is 4.79 Å². The van der Waals surface area contributed by atoms with E-state index in [9.17, 15) is 13.2 Å². The second kappa shape index (κ2) is 8.29. The Balaban J connectivity index is 1.63. The summed E-state index contributed by atoms with van der Waals surface area (Å²) in [5.74, 6) is 0.0468. The third-order valence-corrected chi connectivity index (χ3v) is 6.88. The molecule has 2 aliphatic heterocycles. The van der Waals surface area contributed by atoms with Crippen LogP contribution >= 0.6 is 0 Å². The van der Waals surface area contributed by atoms with Crippen molar-refractivity contribution in [3.8, 4) is 0 Å². The zero-order valence-electron chi connectivity index (χ0n) is 14.5. The van der Waals surface area contributed by atoms with E-state index in [1.54, 1.807) is 22.5 Å². The average Bonchev–Trinajstić information content (AvgIpc) is 2.67. The second-order valence-corrected chi connectivity index (χ2v) is 8.81. The van der Waals surface area contributed by atoms with E-state index < -0.39 is 10.0 Å². The smallest absolute Gasteiger partial charge is 0.243 e. The lowest BCUT2D eigenvalue weighted by atomic mass is 9.99. The van der Waals surface area contributed by atoms with Gasteiger partial charge >= 0.3 is 0 Å². The van der Waals surface area contributed by atoms with Gasteiger partial charge in [-0.25, -0.2) is 8.42 Å². The van der Waals surface area contributed by atoms with Crippen molar-refractivity contribution in [2.75, 3.05) is 26.2 Å². The van der Waals surface area contributed by atoms with Gasteiger partial charge in [0.05, 0.1) is 10.8 Å². The van der Waals surface area contributed by atoms with Crippen molar-refractivity contribution in [1.29, 1.82) is 0 Å². The first-order chi connectivity index (χ1) is 12.1. The van der Waals surface area contributed by atoms with Gasteiger partial charge in [-0.15, -0.1) is 0 Å². The lowest BCUT2D eigenvalue weighted by Crippen LogP contribution is -2.40. The minimum atomic E-state index is -3.43. The molecule has 0 aliphatic carbocycles. The first-order valence-corrected chi connectivity index (χ1v) is 10.6. The Morgan fingerprint density at radius 2 is 2.00 bits per heavy atom. The molecule has 1 amide bonds. The van der Waals surface area contributed by atoms with Gasteiger partial charge < -0.3 is 10.6 Å². The van der Waals surface area contributed by atoms with Crippen LogP contribution in [0, 0.1) is 5.92 Å². The zero-order valence-corrected chi connectivity index (χ0v) is 15.4. The molecule has 3 rings (SSSR count). The highest BCUT2D eigenvalue weighted by Crippen LogP contribution is 2.21. The molecule has 7 heteroatoms. The fraction of sp³-hybridized carbons (Fsp3) is 0.611. The minimum absolute atomic E-state index is 0.00835. The highest BCUT2D eigenvalue weighted by atomic mass is 32.2. The number of nitrogens with zero attached hydrogens (tertiary/aromatic N) is 1. The van der Waals surface area contributed by atoms with Gasteiger partial charge in [0.25, 0.3) is 0 Å². The largest absolute Gasteiger partial charge is 0.352 e. The third-order valence-electron chi connectivity index (χ3n) is 4.99. The van der Waals surface area contributed by atoms with Crippen LogP contribution < -0.4 is 10.6 Å². The van der Waals surface area contributed by atoms with E-state index in [0.717, 1.165) is 50.8 Å². The molecule has 1 aromatic carbocycles. The van der Waals surface area contributed by atoms with E-state index in [1.807, 2.05) is 6.07 Å². The first-order valence-electron chi connectivity index (χ1n) is 9.15. The minimum Gasteiger partial charge on any atom is -0.352 e. The van der Waals surface area contributed by atoms with Crippen molar-refractivity contribution in [2.45, 2.75) is 43.5 Å². The van der Waals surface area contributed by atoms with Crippen molar-refractivity contribution in [1.82, 2.24) is 14.9 Å². The van der Waals surface area contributed by atoms with Crippen LogP contribution in [0.25, 0.3) is 0 Å². The molecule has 2 fully saturated rings. The molecule has 1 aromatic rings. The maximum absolute atomic E-state index is 12.8. The summed E-state index contributed by atoms with van der Waals surface area (Å²) in [6.07, 6.45) is 4.85. The van der Waals surface area contributed by atoms with Crippen LogP contribution in [0.5, 0.6) is 0 Å². The average molecular weight is 365 g/mol. The summed E-state index contributed by atoms with van der Waals surface area (Å²) in [4.78, 5) is 12.5. The lowest BCUT2D eigenvalue weighted by molar-refractivity contribution is -0.125. The number of nitrogens with one attached hydrogen (secondary N) is 2. The Morgan fingerprint density at radius 1 is 1.20 bits per heavy atom. The topological polar surface area (TPSA) is 78.5 Å². The van der Waals surface area contributed by atoms with Gasteiger partial charge in [-0.05, 0) is 49.9 Å². The highest BCUT2D eigenvalue weighted by Gasteiger charge is 2.26. The normalized spacial score (nSPS) is 22.5. The number of hydrogen-bond donors (Lipinski definition) is 2. The fourth-order valence-corrected chi connectivity index (χ4v) is 5.07. The molecule has 2 heterocycles. The molecule has 2 aliphatic rings. The number of rotatable bonds is 5. The predicted molar refractivity (Wildman–Crippen MR) is 96.5 cm³/mol.